The van der Waals surface area contributed by atoms with E-state index >= 15 is 0 Å². The molecular formula is C20H20BrN3O3. The molecule has 1 N–H and O–H groups in total. The van der Waals surface area contributed by atoms with E-state index in [-0.39, 0.29) is 24.3 Å². The average molecular weight is 430 g/mol. The molecular weight excluding hydrogens is 410 g/mol. The number of carbonyl (C=O) groups is 3. The first-order valence-corrected chi connectivity index (χ1v) is 9.50. The molecule has 3 amide bonds. The standard InChI is InChI=1S/C20H20BrN3O3/c21-17-8-4-7-16(13-17)20(27)24-11-9-23(10-12-24)18(25)14-22-19(26)15-5-2-1-3-6-15/h1-8,13H,9-12,14H2,(H,22,26). The first kappa shape index (κ1) is 19.1. The number of hydrogen-bond donors (Lipinski definition) is 1. The van der Waals surface area contributed by atoms with Crippen molar-refractivity contribution in [3.63, 3.8) is 0 Å². The second-order valence-corrected chi connectivity index (χ2v) is 7.15. The smallest absolute Gasteiger partial charge is 0.254 e. The van der Waals surface area contributed by atoms with Gasteiger partial charge in [0.15, 0.2) is 0 Å². The molecule has 1 saturated heterocycles. The Kier molecular flexibility index (Phi) is 6.24. The van der Waals surface area contributed by atoms with Crippen LogP contribution in [0, 0.1) is 0 Å². The first-order chi connectivity index (χ1) is 13.0. The molecule has 3 rings (SSSR count). The Labute approximate surface area is 166 Å². The molecule has 0 radical (unpaired) electrons. The summed E-state index contributed by atoms with van der Waals surface area (Å²) in [6.07, 6.45) is 0. The summed E-state index contributed by atoms with van der Waals surface area (Å²) in [4.78, 5) is 40.3. The van der Waals surface area contributed by atoms with E-state index < -0.39 is 0 Å². The minimum Gasteiger partial charge on any atom is -0.343 e. The van der Waals surface area contributed by atoms with Crippen molar-refractivity contribution in [2.45, 2.75) is 0 Å². The number of amides is 3. The van der Waals surface area contributed by atoms with Crippen LogP contribution in [0.1, 0.15) is 20.7 Å². The van der Waals surface area contributed by atoms with Crippen molar-refractivity contribution in [2.24, 2.45) is 0 Å². The van der Waals surface area contributed by atoms with Crippen molar-refractivity contribution in [1.29, 1.82) is 0 Å². The maximum Gasteiger partial charge on any atom is 0.254 e. The van der Waals surface area contributed by atoms with Gasteiger partial charge in [-0.25, -0.2) is 0 Å². The molecule has 2 aromatic rings. The van der Waals surface area contributed by atoms with Gasteiger partial charge in [-0.2, -0.15) is 0 Å². The molecule has 0 spiro atoms. The summed E-state index contributed by atoms with van der Waals surface area (Å²) >= 11 is 3.37. The summed E-state index contributed by atoms with van der Waals surface area (Å²) in [6.45, 7) is 1.82. The Morgan fingerprint density at radius 2 is 1.48 bits per heavy atom. The zero-order chi connectivity index (χ0) is 19.2. The molecule has 0 atom stereocenters. The fraction of sp³-hybridized carbons (Fsp3) is 0.250. The predicted molar refractivity (Wildman–Crippen MR) is 105 cm³/mol. The number of piperazine rings is 1. The second kappa shape index (κ2) is 8.81. The summed E-state index contributed by atoms with van der Waals surface area (Å²) in [5, 5.41) is 2.65. The monoisotopic (exact) mass is 429 g/mol. The number of hydrogen-bond acceptors (Lipinski definition) is 3. The highest BCUT2D eigenvalue weighted by Gasteiger charge is 2.25. The minimum atomic E-state index is -0.271. The van der Waals surface area contributed by atoms with Gasteiger partial charge in [-0.05, 0) is 30.3 Å². The van der Waals surface area contributed by atoms with Crippen molar-refractivity contribution in [3.05, 3.63) is 70.2 Å². The van der Waals surface area contributed by atoms with Gasteiger partial charge in [-0.3, -0.25) is 14.4 Å². The zero-order valence-corrected chi connectivity index (χ0v) is 16.3. The van der Waals surface area contributed by atoms with E-state index in [2.05, 4.69) is 21.2 Å². The molecule has 1 aliphatic heterocycles. The lowest BCUT2D eigenvalue weighted by atomic mass is 10.2. The second-order valence-electron chi connectivity index (χ2n) is 6.23. The molecule has 1 aliphatic rings. The van der Waals surface area contributed by atoms with Gasteiger partial charge in [0.25, 0.3) is 11.8 Å². The Morgan fingerprint density at radius 3 is 2.15 bits per heavy atom. The summed E-state index contributed by atoms with van der Waals surface area (Å²) < 4.78 is 0.858. The van der Waals surface area contributed by atoms with E-state index in [1.807, 2.05) is 18.2 Å². The van der Waals surface area contributed by atoms with Gasteiger partial charge in [-0.15, -0.1) is 0 Å². The molecule has 140 valence electrons. The van der Waals surface area contributed by atoms with Crippen molar-refractivity contribution in [2.75, 3.05) is 32.7 Å². The number of rotatable bonds is 4. The molecule has 0 aromatic heterocycles. The average Bonchev–Trinajstić information content (AvgIpc) is 2.72. The molecule has 6 nitrogen and oxygen atoms in total. The molecule has 27 heavy (non-hydrogen) atoms. The highest BCUT2D eigenvalue weighted by molar-refractivity contribution is 9.10. The molecule has 1 fully saturated rings. The van der Waals surface area contributed by atoms with E-state index in [4.69, 9.17) is 0 Å². The van der Waals surface area contributed by atoms with Gasteiger partial charge in [0, 0.05) is 41.8 Å². The van der Waals surface area contributed by atoms with Crippen LogP contribution in [0.15, 0.2) is 59.1 Å². The summed E-state index contributed by atoms with van der Waals surface area (Å²) in [5.41, 5.74) is 1.15. The summed E-state index contributed by atoms with van der Waals surface area (Å²) in [5.74, 6) is -0.456. The Balaban J connectivity index is 1.48. The first-order valence-electron chi connectivity index (χ1n) is 8.70. The van der Waals surface area contributed by atoms with Crippen LogP contribution >= 0.6 is 15.9 Å². The number of halogens is 1. The van der Waals surface area contributed by atoms with Gasteiger partial charge in [0.1, 0.15) is 0 Å². The third kappa shape index (κ3) is 4.95. The number of nitrogens with zero attached hydrogens (tertiary/aromatic N) is 2. The molecule has 0 aliphatic carbocycles. The SMILES string of the molecule is O=C(NCC(=O)N1CCN(C(=O)c2cccc(Br)c2)CC1)c1ccccc1. The maximum absolute atomic E-state index is 12.5. The third-order valence-electron chi connectivity index (χ3n) is 4.43. The zero-order valence-electron chi connectivity index (χ0n) is 14.7. The van der Waals surface area contributed by atoms with Crippen molar-refractivity contribution in [3.8, 4) is 0 Å². The maximum atomic E-state index is 12.5. The largest absolute Gasteiger partial charge is 0.343 e. The van der Waals surface area contributed by atoms with E-state index in [9.17, 15) is 14.4 Å². The van der Waals surface area contributed by atoms with E-state index in [1.165, 1.54) is 0 Å². The Morgan fingerprint density at radius 1 is 0.852 bits per heavy atom. The van der Waals surface area contributed by atoms with Gasteiger partial charge in [-0.1, -0.05) is 40.2 Å². The number of benzene rings is 2. The third-order valence-corrected chi connectivity index (χ3v) is 4.92. The van der Waals surface area contributed by atoms with Crippen LogP contribution in [0.2, 0.25) is 0 Å². The minimum absolute atomic E-state index is 0.0409. The van der Waals surface area contributed by atoms with Crippen LogP contribution in [0.3, 0.4) is 0 Å². The lowest BCUT2D eigenvalue weighted by Crippen LogP contribution is -2.52. The van der Waals surface area contributed by atoms with Crippen LogP contribution in [0.4, 0.5) is 0 Å². The summed E-state index contributed by atoms with van der Waals surface area (Å²) in [7, 11) is 0. The lowest BCUT2D eigenvalue weighted by molar-refractivity contribution is -0.131. The predicted octanol–water partition coefficient (Wildman–Crippen LogP) is 2.16. The van der Waals surface area contributed by atoms with Crippen LogP contribution in [0.5, 0.6) is 0 Å². The molecule has 1 heterocycles. The normalized spacial score (nSPS) is 14.0. The van der Waals surface area contributed by atoms with Gasteiger partial charge in [0.05, 0.1) is 6.54 Å². The molecule has 0 saturated carbocycles. The van der Waals surface area contributed by atoms with Crippen molar-refractivity contribution in [1.82, 2.24) is 15.1 Å². The highest BCUT2D eigenvalue weighted by Crippen LogP contribution is 2.14. The van der Waals surface area contributed by atoms with E-state index in [1.54, 1.807) is 46.2 Å². The molecule has 0 bridgehead atoms. The molecule has 0 unspecified atom stereocenters. The number of nitrogens with one attached hydrogen (secondary N) is 1. The molecule has 2 aromatic carbocycles. The fourth-order valence-corrected chi connectivity index (χ4v) is 3.32. The van der Waals surface area contributed by atoms with Crippen molar-refractivity contribution >= 4 is 33.7 Å². The van der Waals surface area contributed by atoms with E-state index in [0.29, 0.717) is 37.3 Å². The topological polar surface area (TPSA) is 69.7 Å². The summed E-state index contributed by atoms with van der Waals surface area (Å²) in [6, 6.07) is 16.1. The number of carbonyl (C=O) groups excluding carboxylic acids is 3. The van der Waals surface area contributed by atoms with Crippen LogP contribution in [-0.4, -0.2) is 60.2 Å². The molecule has 7 heteroatoms. The van der Waals surface area contributed by atoms with E-state index in [0.717, 1.165) is 4.47 Å². The Hall–Kier alpha value is -2.67. The lowest BCUT2D eigenvalue weighted by Gasteiger charge is -2.35. The van der Waals surface area contributed by atoms with Gasteiger partial charge in [0.2, 0.25) is 5.91 Å². The van der Waals surface area contributed by atoms with Crippen LogP contribution in [0.25, 0.3) is 0 Å². The Bertz CT molecular complexity index is 833. The quantitative estimate of drug-likeness (QED) is 0.809. The fourth-order valence-electron chi connectivity index (χ4n) is 2.92. The van der Waals surface area contributed by atoms with Gasteiger partial charge < -0.3 is 15.1 Å². The highest BCUT2D eigenvalue weighted by atomic mass is 79.9. The van der Waals surface area contributed by atoms with Crippen molar-refractivity contribution < 1.29 is 14.4 Å². The van der Waals surface area contributed by atoms with Crippen LogP contribution in [-0.2, 0) is 4.79 Å². The van der Waals surface area contributed by atoms with Crippen LogP contribution < -0.4 is 5.32 Å². The van der Waals surface area contributed by atoms with Gasteiger partial charge >= 0.3 is 0 Å².